The highest BCUT2D eigenvalue weighted by atomic mass is 16.2. The third-order valence-corrected chi connectivity index (χ3v) is 4.40. The molecule has 1 atom stereocenters. The summed E-state index contributed by atoms with van der Waals surface area (Å²) in [6.45, 7) is 2.04. The molecule has 130 valence electrons. The van der Waals surface area contributed by atoms with Crippen molar-refractivity contribution in [2.45, 2.75) is 25.8 Å². The SMILES string of the molecule is CC(CCc1ccccc1)NC(=O)c1cc(-c2cccn2C)nn1C. The lowest BCUT2D eigenvalue weighted by Crippen LogP contribution is -2.34. The van der Waals surface area contributed by atoms with Crippen LogP contribution in [0.25, 0.3) is 11.4 Å². The Balaban J connectivity index is 1.63. The summed E-state index contributed by atoms with van der Waals surface area (Å²) < 4.78 is 3.63. The van der Waals surface area contributed by atoms with Crippen molar-refractivity contribution in [2.24, 2.45) is 14.1 Å². The zero-order chi connectivity index (χ0) is 17.8. The van der Waals surface area contributed by atoms with Crippen LogP contribution >= 0.6 is 0 Å². The predicted octanol–water partition coefficient (Wildman–Crippen LogP) is 3.18. The summed E-state index contributed by atoms with van der Waals surface area (Å²) in [5.41, 5.74) is 3.65. The van der Waals surface area contributed by atoms with E-state index in [1.165, 1.54) is 5.56 Å². The van der Waals surface area contributed by atoms with Gasteiger partial charge in [-0.2, -0.15) is 5.10 Å². The zero-order valence-electron chi connectivity index (χ0n) is 14.9. The largest absolute Gasteiger partial charge is 0.349 e. The minimum Gasteiger partial charge on any atom is -0.349 e. The number of benzene rings is 1. The molecule has 0 saturated heterocycles. The van der Waals surface area contributed by atoms with Crippen LogP contribution in [0, 0.1) is 0 Å². The predicted molar refractivity (Wildman–Crippen MR) is 99.3 cm³/mol. The summed E-state index contributed by atoms with van der Waals surface area (Å²) in [4.78, 5) is 12.6. The van der Waals surface area contributed by atoms with E-state index in [0.717, 1.165) is 24.2 Å². The van der Waals surface area contributed by atoms with E-state index in [1.807, 2.05) is 61.1 Å². The minimum absolute atomic E-state index is 0.0870. The standard InChI is InChI=1S/C20H24N4O/c1-15(11-12-16-8-5-4-6-9-16)21-20(25)19-14-17(22-24(19)3)18-10-7-13-23(18)2/h4-10,13-15H,11-12H2,1-3H3,(H,21,25). The molecule has 2 heterocycles. The van der Waals surface area contributed by atoms with E-state index in [-0.39, 0.29) is 11.9 Å². The molecule has 0 spiro atoms. The molecule has 5 heteroatoms. The summed E-state index contributed by atoms with van der Waals surface area (Å²) in [5.74, 6) is -0.0870. The Bertz CT molecular complexity index is 848. The molecule has 0 aliphatic rings. The Morgan fingerprint density at radius 1 is 1.16 bits per heavy atom. The molecule has 25 heavy (non-hydrogen) atoms. The Morgan fingerprint density at radius 2 is 1.92 bits per heavy atom. The molecule has 3 aromatic rings. The minimum atomic E-state index is -0.0870. The van der Waals surface area contributed by atoms with Gasteiger partial charge >= 0.3 is 0 Å². The van der Waals surface area contributed by atoms with Gasteiger partial charge in [0.15, 0.2) is 0 Å². The maximum absolute atomic E-state index is 12.6. The van der Waals surface area contributed by atoms with Crippen LogP contribution in [-0.2, 0) is 20.5 Å². The van der Waals surface area contributed by atoms with E-state index in [1.54, 1.807) is 11.7 Å². The van der Waals surface area contributed by atoms with Gasteiger partial charge in [0.05, 0.1) is 5.69 Å². The quantitative estimate of drug-likeness (QED) is 0.752. The van der Waals surface area contributed by atoms with Gasteiger partial charge in [-0.25, -0.2) is 0 Å². The molecule has 0 aliphatic heterocycles. The van der Waals surface area contributed by atoms with Crippen molar-refractivity contribution >= 4 is 5.91 Å². The molecule has 1 unspecified atom stereocenters. The van der Waals surface area contributed by atoms with Crippen LogP contribution in [0.5, 0.6) is 0 Å². The normalized spacial score (nSPS) is 12.1. The number of nitrogens with one attached hydrogen (secondary N) is 1. The first kappa shape index (κ1) is 17.0. The van der Waals surface area contributed by atoms with Crippen molar-refractivity contribution < 1.29 is 4.79 Å². The van der Waals surface area contributed by atoms with Crippen LogP contribution in [0.15, 0.2) is 54.7 Å². The molecule has 0 aliphatic carbocycles. The number of rotatable bonds is 6. The average molecular weight is 336 g/mol. The summed E-state index contributed by atoms with van der Waals surface area (Å²) in [6.07, 6.45) is 3.82. The van der Waals surface area contributed by atoms with Crippen molar-refractivity contribution in [1.29, 1.82) is 0 Å². The number of nitrogens with zero attached hydrogens (tertiary/aromatic N) is 3. The fourth-order valence-corrected chi connectivity index (χ4v) is 2.93. The fourth-order valence-electron chi connectivity index (χ4n) is 2.93. The van der Waals surface area contributed by atoms with Gasteiger partial charge in [0.25, 0.3) is 5.91 Å². The van der Waals surface area contributed by atoms with Gasteiger partial charge in [0.1, 0.15) is 11.4 Å². The summed E-state index contributed by atoms with van der Waals surface area (Å²) in [5, 5.41) is 7.54. The second kappa shape index (κ2) is 7.38. The van der Waals surface area contributed by atoms with Crippen LogP contribution in [0.3, 0.4) is 0 Å². The Hall–Kier alpha value is -2.82. The molecule has 0 bridgehead atoms. The van der Waals surface area contributed by atoms with E-state index in [4.69, 9.17) is 0 Å². The lowest BCUT2D eigenvalue weighted by Gasteiger charge is -2.13. The molecule has 0 fully saturated rings. The van der Waals surface area contributed by atoms with Crippen molar-refractivity contribution in [1.82, 2.24) is 19.7 Å². The lowest BCUT2D eigenvalue weighted by molar-refractivity contribution is 0.0929. The molecule has 3 rings (SSSR count). The van der Waals surface area contributed by atoms with Gasteiger partial charge in [-0.05, 0) is 43.5 Å². The Kier molecular flexibility index (Phi) is 5.03. The molecule has 1 N–H and O–H groups in total. The molecule has 5 nitrogen and oxygen atoms in total. The van der Waals surface area contributed by atoms with Crippen molar-refractivity contribution in [3.63, 3.8) is 0 Å². The molecule has 1 amide bonds. The third-order valence-electron chi connectivity index (χ3n) is 4.40. The number of carbonyl (C=O) groups is 1. The third kappa shape index (κ3) is 3.99. The maximum atomic E-state index is 12.6. The highest BCUT2D eigenvalue weighted by Crippen LogP contribution is 2.19. The van der Waals surface area contributed by atoms with Crippen LogP contribution < -0.4 is 5.32 Å². The molecule has 2 aromatic heterocycles. The molecule has 0 radical (unpaired) electrons. The lowest BCUT2D eigenvalue weighted by atomic mass is 10.1. The highest BCUT2D eigenvalue weighted by Gasteiger charge is 2.17. The van der Waals surface area contributed by atoms with Crippen molar-refractivity contribution in [3.8, 4) is 11.4 Å². The number of aryl methyl sites for hydroxylation is 3. The molecular formula is C20H24N4O. The van der Waals surface area contributed by atoms with E-state index in [2.05, 4.69) is 22.5 Å². The fraction of sp³-hybridized carbons (Fsp3) is 0.300. The van der Waals surface area contributed by atoms with Crippen molar-refractivity contribution in [3.05, 3.63) is 66.0 Å². The smallest absolute Gasteiger partial charge is 0.269 e. The number of carbonyl (C=O) groups excluding carboxylic acids is 1. The number of aromatic nitrogens is 3. The van der Waals surface area contributed by atoms with Gasteiger partial charge < -0.3 is 9.88 Å². The topological polar surface area (TPSA) is 51.9 Å². The molecule has 1 aromatic carbocycles. The van der Waals surface area contributed by atoms with Gasteiger partial charge in [-0.15, -0.1) is 0 Å². The van der Waals surface area contributed by atoms with E-state index in [9.17, 15) is 4.79 Å². The Morgan fingerprint density at radius 3 is 2.60 bits per heavy atom. The first-order valence-electron chi connectivity index (χ1n) is 8.55. The number of hydrogen-bond donors (Lipinski definition) is 1. The second-order valence-electron chi connectivity index (χ2n) is 6.44. The summed E-state index contributed by atoms with van der Waals surface area (Å²) in [6, 6.07) is 16.2. The maximum Gasteiger partial charge on any atom is 0.269 e. The first-order valence-corrected chi connectivity index (χ1v) is 8.55. The first-order chi connectivity index (χ1) is 12.0. The molecule has 0 saturated carbocycles. The van der Waals surface area contributed by atoms with Crippen LogP contribution in [0.4, 0.5) is 0 Å². The summed E-state index contributed by atoms with van der Waals surface area (Å²) >= 11 is 0. The monoisotopic (exact) mass is 336 g/mol. The second-order valence-corrected chi connectivity index (χ2v) is 6.44. The van der Waals surface area contributed by atoms with Crippen LogP contribution in [0.1, 0.15) is 29.4 Å². The van der Waals surface area contributed by atoms with Gasteiger partial charge in [-0.3, -0.25) is 9.48 Å². The van der Waals surface area contributed by atoms with Gasteiger partial charge in [0, 0.05) is 26.3 Å². The van der Waals surface area contributed by atoms with Crippen molar-refractivity contribution in [2.75, 3.05) is 0 Å². The van der Waals surface area contributed by atoms with E-state index in [0.29, 0.717) is 5.69 Å². The van der Waals surface area contributed by atoms with Crippen LogP contribution in [-0.4, -0.2) is 26.3 Å². The van der Waals surface area contributed by atoms with E-state index >= 15 is 0 Å². The molecular weight excluding hydrogens is 312 g/mol. The number of amides is 1. The Labute approximate surface area is 148 Å². The number of hydrogen-bond acceptors (Lipinski definition) is 2. The average Bonchev–Trinajstić information content (AvgIpc) is 3.19. The van der Waals surface area contributed by atoms with E-state index < -0.39 is 0 Å². The van der Waals surface area contributed by atoms with Gasteiger partial charge in [-0.1, -0.05) is 30.3 Å². The summed E-state index contributed by atoms with van der Waals surface area (Å²) in [7, 11) is 3.77. The zero-order valence-corrected chi connectivity index (χ0v) is 14.9. The van der Waals surface area contributed by atoms with Crippen LogP contribution in [0.2, 0.25) is 0 Å². The van der Waals surface area contributed by atoms with Gasteiger partial charge in [0.2, 0.25) is 0 Å². The highest BCUT2D eigenvalue weighted by molar-refractivity contribution is 5.93.